The largest absolute Gasteiger partial charge is 0.317 e. The number of aryl methyl sites for hydroxylation is 2. The fourth-order valence-corrected chi connectivity index (χ4v) is 3.67. The van der Waals surface area contributed by atoms with E-state index in [1.54, 1.807) is 0 Å². The van der Waals surface area contributed by atoms with Crippen molar-refractivity contribution in [3.05, 3.63) is 50.4 Å². The number of hydrogen-bond acceptors (Lipinski definition) is 3. The van der Waals surface area contributed by atoms with Crippen molar-refractivity contribution in [2.24, 2.45) is 5.92 Å². The molecule has 2 aromatic rings. The van der Waals surface area contributed by atoms with Crippen LogP contribution in [0, 0.1) is 19.8 Å². The molecule has 4 heteroatoms. The summed E-state index contributed by atoms with van der Waals surface area (Å²) in [7, 11) is 0. The number of aromatic nitrogens is 1. The number of benzene rings is 1. The molecule has 0 aliphatic heterocycles. The molecular weight excluding hydrogens is 300 g/mol. The Morgan fingerprint density at radius 3 is 2.62 bits per heavy atom. The SMILES string of the molecule is CCNCC(Cc1nc(C)c(C)s1)Cc1ccccc1Cl. The van der Waals surface area contributed by atoms with E-state index < -0.39 is 0 Å². The van der Waals surface area contributed by atoms with Crippen molar-refractivity contribution < 1.29 is 0 Å². The predicted octanol–water partition coefficient (Wildman–Crippen LogP) is 4.42. The van der Waals surface area contributed by atoms with E-state index in [9.17, 15) is 0 Å². The van der Waals surface area contributed by atoms with E-state index >= 15 is 0 Å². The molecule has 0 fully saturated rings. The molecule has 2 rings (SSSR count). The van der Waals surface area contributed by atoms with Crippen LogP contribution < -0.4 is 5.32 Å². The van der Waals surface area contributed by atoms with Crippen LogP contribution in [-0.4, -0.2) is 18.1 Å². The Morgan fingerprint density at radius 1 is 1.24 bits per heavy atom. The number of nitrogens with zero attached hydrogens (tertiary/aromatic N) is 1. The number of thiazole rings is 1. The van der Waals surface area contributed by atoms with Crippen molar-refractivity contribution in [1.82, 2.24) is 10.3 Å². The summed E-state index contributed by atoms with van der Waals surface area (Å²) in [5, 5.41) is 5.57. The molecule has 0 aliphatic carbocycles. The van der Waals surface area contributed by atoms with Gasteiger partial charge in [0, 0.05) is 16.3 Å². The molecule has 1 atom stereocenters. The summed E-state index contributed by atoms with van der Waals surface area (Å²) in [6.45, 7) is 8.37. The molecule has 1 unspecified atom stereocenters. The van der Waals surface area contributed by atoms with Crippen molar-refractivity contribution >= 4 is 22.9 Å². The smallest absolute Gasteiger partial charge is 0.0934 e. The summed E-state index contributed by atoms with van der Waals surface area (Å²) in [4.78, 5) is 6.00. The van der Waals surface area contributed by atoms with Crippen LogP contribution in [0.4, 0.5) is 0 Å². The molecule has 1 aromatic heterocycles. The molecular formula is C17H23ClN2S. The van der Waals surface area contributed by atoms with Gasteiger partial charge in [-0.1, -0.05) is 36.7 Å². The number of nitrogens with one attached hydrogen (secondary N) is 1. The van der Waals surface area contributed by atoms with E-state index in [1.807, 2.05) is 23.5 Å². The van der Waals surface area contributed by atoms with Crippen LogP contribution >= 0.6 is 22.9 Å². The first-order valence-electron chi connectivity index (χ1n) is 7.47. The highest BCUT2D eigenvalue weighted by molar-refractivity contribution is 7.11. The molecule has 0 saturated carbocycles. The minimum atomic E-state index is 0.523. The Kier molecular flexibility index (Phi) is 6.22. The van der Waals surface area contributed by atoms with E-state index in [0.717, 1.165) is 36.6 Å². The highest BCUT2D eigenvalue weighted by Gasteiger charge is 2.15. The average molecular weight is 323 g/mol. The van der Waals surface area contributed by atoms with Crippen molar-refractivity contribution in [1.29, 1.82) is 0 Å². The lowest BCUT2D eigenvalue weighted by Gasteiger charge is -2.17. The molecule has 2 nitrogen and oxygen atoms in total. The zero-order valence-electron chi connectivity index (χ0n) is 12.9. The highest BCUT2D eigenvalue weighted by atomic mass is 35.5. The predicted molar refractivity (Wildman–Crippen MR) is 92.5 cm³/mol. The summed E-state index contributed by atoms with van der Waals surface area (Å²) < 4.78 is 0. The minimum absolute atomic E-state index is 0.523. The Balaban J connectivity index is 2.08. The van der Waals surface area contributed by atoms with Gasteiger partial charge in [0.2, 0.25) is 0 Å². The van der Waals surface area contributed by atoms with Crippen LogP contribution in [0.25, 0.3) is 0 Å². The molecule has 1 N–H and O–H groups in total. The fraction of sp³-hybridized carbons (Fsp3) is 0.471. The Hall–Kier alpha value is -0.900. The van der Waals surface area contributed by atoms with Gasteiger partial charge in [0.1, 0.15) is 0 Å². The highest BCUT2D eigenvalue weighted by Crippen LogP contribution is 2.24. The van der Waals surface area contributed by atoms with Gasteiger partial charge in [0.05, 0.1) is 10.7 Å². The molecule has 21 heavy (non-hydrogen) atoms. The maximum atomic E-state index is 6.30. The van der Waals surface area contributed by atoms with Crippen molar-refractivity contribution in [3.63, 3.8) is 0 Å². The molecule has 0 amide bonds. The van der Waals surface area contributed by atoms with Gasteiger partial charge in [-0.2, -0.15) is 0 Å². The third-order valence-corrected chi connectivity index (χ3v) is 5.15. The van der Waals surface area contributed by atoms with Gasteiger partial charge in [-0.25, -0.2) is 4.98 Å². The first-order valence-corrected chi connectivity index (χ1v) is 8.66. The second kappa shape index (κ2) is 7.92. The Morgan fingerprint density at radius 2 is 2.00 bits per heavy atom. The van der Waals surface area contributed by atoms with Crippen molar-refractivity contribution in [3.8, 4) is 0 Å². The average Bonchev–Trinajstić information content (AvgIpc) is 2.77. The number of halogens is 1. The maximum Gasteiger partial charge on any atom is 0.0934 e. The van der Waals surface area contributed by atoms with Gasteiger partial charge in [-0.05, 0) is 50.9 Å². The van der Waals surface area contributed by atoms with E-state index in [2.05, 4.69) is 43.2 Å². The summed E-state index contributed by atoms with van der Waals surface area (Å²) in [6.07, 6.45) is 2.00. The zero-order valence-corrected chi connectivity index (χ0v) is 14.5. The van der Waals surface area contributed by atoms with E-state index in [-0.39, 0.29) is 0 Å². The molecule has 0 aliphatic rings. The van der Waals surface area contributed by atoms with Crippen LogP contribution in [0.3, 0.4) is 0 Å². The van der Waals surface area contributed by atoms with Crippen LogP contribution in [0.2, 0.25) is 5.02 Å². The van der Waals surface area contributed by atoms with Crippen LogP contribution in [-0.2, 0) is 12.8 Å². The van der Waals surface area contributed by atoms with E-state index in [0.29, 0.717) is 5.92 Å². The van der Waals surface area contributed by atoms with Gasteiger partial charge < -0.3 is 5.32 Å². The van der Waals surface area contributed by atoms with E-state index in [1.165, 1.54) is 15.4 Å². The number of hydrogen-bond donors (Lipinski definition) is 1. The lowest BCUT2D eigenvalue weighted by molar-refractivity contribution is 0.477. The van der Waals surface area contributed by atoms with Gasteiger partial charge in [-0.3, -0.25) is 0 Å². The van der Waals surface area contributed by atoms with Crippen LogP contribution in [0.15, 0.2) is 24.3 Å². The first-order chi connectivity index (χ1) is 10.1. The fourth-order valence-electron chi connectivity index (χ4n) is 2.41. The van der Waals surface area contributed by atoms with Crippen molar-refractivity contribution in [2.45, 2.75) is 33.6 Å². The van der Waals surface area contributed by atoms with Gasteiger partial charge >= 0.3 is 0 Å². The molecule has 1 aromatic carbocycles. The molecule has 0 saturated heterocycles. The minimum Gasteiger partial charge on any atom is -0.317 e. The lowest BCUT2D eigenvalue weighted by atomic mass is 9.96. The second-order valence-electron chi connectivity index (χ2n) is 5.42. The summed E-state index contributed by atoms with van der Waals surface area (Å²) in [5.74, 6) is 0.523. The van der Waals surface area contributed by atoms with E-state index in [4.69, 9.17) is 11.6 Å². The monoisotopic (exact) mass is 322 g/mol. The summed E-state index contributed by atoms with van der Waals surface area (Å²) in [5.41, 5.74) is 2.39. The molecule has 0 radical (unpaired) electrons. The normalized spacial score (nSPS) is 12.6. The molecule has 0 bridgehead atoms. The first kappa shape index (κ1) is 16.5. The quantitative estimate of drug-likeness (QED) is 0.816. The number of rotatable bonds is 7. The Labute approximate surface area is 136 Å². The van der Waals surface area contributed by atoms with Crippen molar-refractivity contribution in [2.75, 3.05) is 13.1 Å². The van der Waals surface area contributed by atoms with Crippen LogP contribution in [0.5, 0.6) is 0 Å². The summed E-state index contributed by atoms with van der Waals surface area (Å²) >= 11 is 8.12. The topological polar surface area (TPSA) is 24.9 Å². The second-order valence-corrected chi connectivity index (χ2v) is 7.12. The molecule has 1 heterocycles. The third-order valence-electron chi connectivity index (χ3n) is 3.69. The maximum absolute atomic E-state index is 6.30. The molecule has 0 spiro atoms. The third kappa shape index (κ3) is 4.80. The van der Waals surface area contributed by atoms with Gasteiger partial charge in [-0.15, -0.1) is 11.3 Å². The zero-order chi connectivity index (χ0) is 15.2. The standard InChI is InChI=1S/C17H23ClN2S/c1-4-19-11-14(9-15-7-5-6-8-16(15)18)10-17-20-12(2)13(3)21-17/h5-8,14,19H,4,9-11H2,1-3H3. The van der Waals surface area contributed by atoms with Gasteiger partial charge in [0.25, 0.3) is 0 Å². The lowest BCUT2D eigenvalue weighted by Crippen LogP contribution is -2.25. The summed E-state index contributed by atoms with van der Waals surface area (Å²) in [6, 6.07) is 8.14. The molecule has 114 valence electrons. The Bertz CT molecular complexity index is 560. The van der Waals surface area contributed by atoms with Crippen LogP contribution in [0.1, 0.15) is 28.1 Å². The van der Waals surface area contributed by atoms with Gasteiger partial charge in [0.15, 0.2) is 0 Å².